The monoisotopic (exact) mass is 230 g/mol. The molecule has 0 saturated carbocycles. The molecule has 2 aromatic heterocycles. The minimum absolute atomic E-state index is 0.729. The molecular formula is C13H18N4. The number of pyridine rings is 1. The SMILES string of the molecule is CCn1ccnc1CNc1ccc(C)nc1C. The first-order chi connectivity index (χ1) is 8.20. The molecule has 2 heterocycles. The predicted molar refractivity (Wildman–Crippen MR) is 68.9 cm³/mol. The molecule has 1 N–H and O–H groups in total. The van der Waals surface area contributed by atoms with Crippen LogP contribution < -0.4 is 5.32 Å². The van der Waals surface area contributed by atoms with Crippen LogP contribution in [-0.4, -0.2) is 14.5 Å². The lowest BCUT2D eigenvalue weighted by atomic mass is 10.2. The Hall–Kier alpha value is -1.84. The summed E-state index contributed by atoms with van der Waals surface area (Å²) < 4.78 is 2.13. The van der Waals surface area contributed by atoms with Crippen molar-refractivity contribution in [3.63, 3.8) is 0 Å². The van der Waals surface area contributed by atoms with E-state index in [0.717, 1.165) is 36.0 Å². The van der Waals surface area contributed by atoms with E-state index in [9.17, 15) is 0 Å². The predicted octanol–water partition coefficient (Wildman–Crippen LogP) is 2.53. The summed E-state index contributed by atoms with van der Waals surface area (Å²) in [5, 5.41) is 3.37. The van der Waals surface area contributed by atoms with E-state index in [-0.39, 0.29) is 0 Å². The van der Waals surface area contributed by atoms with E-state index >= 15 is 0 Å². The molecule has 2 aromatic rings. The van der Waals surface area contributed by atoms with Crippen LogP contribution in [0.2, 0.25) is 0 Å². The molecule has 0 unspecified atom stereocenters. The van der Waals surface area contributed by atoms with Crippen LogP contribution in [0, 0.1) is 13.8 Å². The van der Waals surface area contributed by atoms with E-state index in [4.69, 9.17) is 0 Å². The molecule has 17 heavy (non-hydrogen) atoms. The molecule has 90 valence electrons. The number of imidazole rings is 1. The molecule has 0 atom stereocenters. The maximum atomic E-state index is 4.43. The smallest absolute Gasteiger partial charge is 0.128 e. The maximum absolute atomic E-state index is 4.43. The van der Waals surface area contributed by atoms with Crippen molar-refractivity contribution in [3.05, 3.63) is 41.7 Å². The minimum Gasteiger partial charge on any atom is -0.376 e. The number of aromatic nitrogens is 3. The third-order valence-electron chi connectivity index (χ3n) is 2.80. The summed E-state index contributed by atoms with van der Waals surface area (Å²) >= 11 is 0. The van der Waals surface area contributed by atoms with Crippen LogP contribution in [-0.2, 0) is 13.1 Å². The molecule has 0 spiro atoms. The summed E-state index contributed by atoms with van der Waals surface area (Å²) in [5.74, 6) is 1.05. The summed E-state index contributed by atoms with van der Waals surface area (Å²) in [6, 6.07) is 4.08. The zero-order chi connectivity index (χ0) is 12.3. The second-order valence-electron chi connectivity index (χ2n) is 4.07. The van der Waals surface area contributed by atoms with E-state index < -0.39 is 0 Å². The van der Waals surface area contributed by atoms with Crippen molar-refractivity contribution in [2.24, 2.45) is 0 Å². The lowest BCUT2D eigenvalue weighted by molar-refractivity contribution is 0.708. The van der Waals surface area contributed by atoms with Crippen molar-refractivity contribution in [1.82, 2.24) is 14.5 Å². The number of aryl methyl sites for hydroxylation is 3. The molecule has 0 aliphatic heterocycles. The summed E-state index contributed by atoms with van der Waals surface area (Å²) in [6.07, 6.45) is 3.83. The lowest BCUT2D eigenvalue weighted by Gasteiger charge is -2.10. The van der Waals surface area contributed by atoms with Crippen LogP contribution in [0.15, 0.2) is 24.5 Å². The Morgan fingerprint density at radius 2 is 2.12 bits per heavy atom. The third-order valence-corrected chi connectivity index (χ3v) is 2.80. The Morgan fingerprint density at radius 3 is 2.82 bits per heavy atom. The Kier molecular flexibility index (Phi) is 3.42. The van der Waals surface area contributed by atoms with E-state index in [1.807, 2.05) is 32.3 Å². The van der Waals surface area contributed by atoms with Gasteiger partial charge in [0, 0.05) is 24.6 Å². The van der Waals surface area contributed by atoms with Crippen LogP contribution in [0.25, 0.3) is 0 Å². The highest BCUT2D eigenvalue weighted by atomic mass is 15.1. The quantitative estimate of drug-likeness (QED) is 0.877. The molecule has 4 heteroatoms. The first kappa shape index (κ1) is 11.6. The zero-order valence-corrected chi connectivity index (χ0v) is 10.6. The van der Waals surface area contributed by atoms with Crippen LogP contribution in [0.4, 0.5) is 5.69 Å². The number of rotatable bonds is 4. The largest absolute Gasteiger partial charge is 0.376 e. The van der Waals surface area contributed by atoms with Crippen molar-refractivity contribution in [1.29, 1.82) is 0 Å². The second kappa shape index (κ2) is 4.99. The average molecular weight is 230 g/mol. The Labute approximate surface area is 102 Å². The first-order valence-electron chi connectivity index (χ1n) is 5.89. The van der Waals surface area contributed by atoms with Gasteiger partial charge in [-0.25, -0.2) is 4.98 Å². The summed E-state index contributed by atoms with van der Waals surface area (Å²) in [4.78, 5) is 8.76. The molecule has 0 radical (unpaired) electrons. The normalized spacial score (nSPS) is 10.5. The van der Waals surface area contributed by atoms with E-state index in [0.29, 0.717) is 0 Å². The van der Waals surface area contributed by atoms with Gasteiger partial charge in [0.15, 0.2) is 0 Å². The fourth-order valence-electron chi connectivity index (χ4n) is 1.84. The number of anilines is 1. The van der Waals surface area contributed by atoms with Crippen LogP contribution in [0.5, 0.6) is 0 Å². The molecule has 0 amide bonds. The van der Waals surface area contributed by atoms with Gasteiger partial charge in [0.2, 0.25) is 0 Å². The fraction of sp³-hybridized carbons (Fsp3) is 0.385. The van der Waals surface area contributed by atoms with Gasteiger partial charge < -0.3 is 9.88 Å². The Morgan fingerprint density at radius 1 is 1.29 bits per heavy atom. The standard InChI is InChI=1S/C13H18N4/c1-4-17-8-7-14-13(17)9-15-12-6-5-10(2)16-11(12)3/h5-8,15H,4,9H2,1-3H3. The number of hydrogen-bond donors (Lipinski definition) is 1. The maximum Gasteiger partial charge on any atom is 0.128 e. The van der Waals surface area contributed by atoms with Gasteiger partial charge in [0.1, 0.15) is 5.82 Å². The molecule has 0 saturated heterocycles. The highest BCUT2D eigenvalue weighted by molar-refractivity contribution is 5.47. The van der Waals surface area contributed by atoms with Gasteiger partial charge in [0.25, 0.3) is 0 Å². The van der Waals surface area contributed by atoms with Gasteiger partial charge in [-0.3, -0.25) is 4.98 Å². The highest BCUT2D eigenvalue weighted by Crippen LogP contribution is 2.13. The Balaban J connectivity index is 2.07. The molecule has 0 fully saturated rings. The minimum atomic E-state index is 0.729. The number of hydrogen-bond acceptors (Lipinski definition) is 3. The van der Waals surface area contributed by atoms with Gasteiger partial charge in [-0.05, 0) is 32.9 Å². The van der Waals surface area contributed by atoms with Crippen LogP contribution in [0.1, 0.15) is 24.1 Å². The number of nitrogens with one attached hydrogen (secondary N) is 1. The Bertz CT molecular complexity index is 502. The van der Waals surface area contributed by atoms with E-state index in [1.54, 1.807) is 0 Å². The van der Waals surface area contributed by atoms with Crippen molar-refractivity contribution in [3.8, 4) is 0 Å². The average Bonchev–Trinajstić information content (AvgIpc) is 2.75. The topological polar surface area (TPSA) is 42.7 Å². The summed E-state index contributed by atoms with van der Waals surface area (Å²) in [7, 11) is 0. The van der Waals surface area contributed by atoms with Crippen molar-refractivity contribution in [2.45, 2.75) is 33.9 Å². The van der Waals surface area contributed by atoms with Crippen LogP contribution >= 0.6 is 0 Å². The molecule has 2 rings (SSSR count). The van der Waals surface area contributed by atoms with Crippen molar-refractivity contribution >= 4 is 5.69 Å². The van der Waals surface area contributed by atoms with Gasteiger partial charge in [-0.1, -0.05) is 0 Å². The molecule has 0 bridgehead atoms. The molecule has 0 aromatic carbocycles. The molecule has 4 nitrogen and oxygen atoms in total. The molecule has 0 aliphatic rings. The van der Waals surface area contributed by atoms with Gasteiger partial charge in [-0.15, -0.1) is 0 Å². The molecule has 0 aliphatic carbocycles. The fourth-order valence-corrected chi connectivity index (χ4v) is 1.84. The van der Waals surface area contributed by atoms with Crippen molar-refractivity contribution < 1.29 is 0 Å². The van der Waals surface area contributed by atoms with Crippen molar-refractivity contribution in [2.75, 3.05) is 5.32 Å². The summed E-state index contributed by atoms with van der Waals surface area (Å²) in [6.45, 7) is 7.81. The summed E-state index contributed by atoms with van der Waals surface area (Å²) in [5.41, 5.74) is 3.14. The van der Waals surface area contributed by atoms with E-state index in [1.165, 1.54) is 0 Å². The molecular weight excluding hydrogens is 212 g/mol. The highest BCUT2D eigenvalue weighted by Gasteiger charge is 2.03. The lowest BCUT2D eigenvalue weighted by Crippen LogP contribution is -2.08. The zero-order valence-electron chi connectivity index (χ0n) is 10.6. The second-order valence-corrected chi connectivity index (χ2v) is 4.07. The van der Waals surface area contributed by atoms with Gasteiger partial charge in [0.05, 0.1) is 17.9 Å². The van der Waals surface area contributed by atoms with Gasteiger partial charge in [-0.2, -0.15) is 0 Å². The van der Waals surface area contributed by atoms with Crippen LogP contribution in [0.3, 0.4) is 0 Å². The van der Waals surface area contributed by atoms with Gasteiger partial charge >= 0.3 is 0 Å². The number of nitrogens with zero attached hydrogens (tertiary/aromatic N) is 3. The van der Waals surface area contributed by atoms with E-state index in [2.05, 4.69) is 32.8 Å². The first-order valence-corrected chi connectivity index (χ1v) is 5.89. The third kappa shape index (κ3) is 2.64.